The highest BCUT2D eigenvalue weighted by atomic mass is 32.1. The molecule has 0 unspecified atom stereocenters. The van der Waals surface area contributed by atoms with Crippen LogP contribution in [0.15, 0.2) is 30.2 Å². The Kier molecular flexibility index (Phi) is 4.56. The maximum absolute atomic E-state index is 11.2. The molecule has 1 aromatic rings. The lowest BCUT2D eigenvalue weighted by atomic mass is 10.5. The van der Waals surface area contributed by atoms with Gasteiger partial charge in [-0.15, -0.1) is 11.3 Å². The monoisotopic (exact) mass is 226 g/mol. The van der Waals surface area contributed by atoms with E-state index in [2.05, 4.69) is 11.3 Å². The molecular weight excluding hydrogens is 216 g/mol. The van der Waals surface area contributed by atoms with Crippen molar-refractivity contribution < 1.29 is 19.1 Å². The van der Waals surface area contributed by atoms with Crippen LogP contribution in [0.3, 0.4) is 0 Å². The number of hydrogen-bond acceptors (Lipinski definition) is 5. The van der Waals surface area contributed by atoms with Gasteiger partial charge in [0.25, 0.3) is 0 Å². The first kappa shape index (κ1) is 11.5. The zero-order chi connectivity index (χ0) is 11.1. The van der Waals surface area contributed by atoms with Gasteiger partial charge in [-0.05, 0) is 11.4 Å². The molecule has 0 aliphatic rings. The van der Waals surface area contributed by atoms with E-state index in [0.29, 0.717) is 4.88 Å². The second kappa shape index (κ2) is 5.98. The Hall–Kier alpha value is -1.62. The Morgan fingerprint density at radius 1 is 1.40 bits per heavy atom. The van der Waals surface area contributed by atoms with E-state index in [1.165, 1.54) is 11.3 Å². The molecule has 0 saturated carbocycles. The number of carbonyl (C=O) groups excluding carboxylic acids is 2. The highest BCUT2D eigenvalue weighted by molar-refractivity contribution is 7.11. The minimum absolute atomic E-state index is 0.0436. The van der Waals surface area contributed by atoms with Crippen LogP contribution in [0, 0.1) is 0 Å². The highest BCUT2D eigenvalue weighted by Crippen LogP contribution is 2.09. The third-order valence-corrected chi connectivity index (χ3v) is 2.30. The topological polar surface area (TPSA) is 52.6 Å². The first-order valence-electron chi connectivity index (χ1n) is 4.24. The molecule has 5 heteroatoms. The van der Waals surface area contributed by atoms with Gasteiger partial charge in [-0.3, -0.25) is 0 Å². The zero-order valence-electron chi connectivity index (χ0n) is 7.97. The summed E-state index contributed by atoms with van der Waals surface area (Å²) in [6.07, 6.45) is 1.06. The largest absolute Gasteiger partial charge is 0.459 e. The first-order chi connectivity index (χ1) is 7.24. The van der Waals surface area contributed by atoms with Crippen LogP contribution in [-0.2, 0) is 14.3 Å². The van der Waals surface area contributed by atoms with E-state index in [0.717, 1.165) is 6.08 Å². The maximum Gasteiger partial charge on any atom is 0.348 e. The van der Waals surface area contributed by atoms with Gasteiger partial charge in [0.1, 0.15) is 18.1 Å². The van der Waals surface area contributed by atoms with Crippen LogP contribution in [0.5, 0.6) is 0 Å². The molecule has 0 N–H and O–H groups in total. The third kappa shape index (κ3) is 3.95. The smallest absolute Gasteiger partial charge is 0.348 e. The van der Waals surface area contributed by atoms with Gasteiger partial charge in [0.15, 0.2) is 0 Å². The molecule has 0 aromatic carbocycles. The second-order valence-electron chi connectivity index (χ2n) is 2.48. The van der Waals surface area contributed by atoms with Crippen molar-refractivity contribution in [2.24, 2.45) is 0 Å². The predicted molar refractivity (Wildman–Crippen MR) is 55.8 cm³/mol. The summed E-state index contributed by atoms with van der Waals surface area (Å²) in [4.78, 5) is 22.4. The third-order valence-electron chi connectivity index (χ3n) is 1.45. The average molecular weight is 226 g/mol. The summed E-state index contributed by atoms with van der Waals surface area (Å²) in [5.41, 5.74) is 0. The normalized spacial score (nSPS) is 9.33. The Morgan fingerprint density at radius 3 is 2.73 bits per heavy atom. The number of ether oxygens (including phenoxy) is 2. The molecule has 15 heavy (non-hydrogen) atoms. The van der Waals surface area contributed by atoms with Crippen molar-refractivity contribution in [1.29, 1.82) is 0 Å². The molecule has 0 radical (unpaired) electrons. The summed E-state index contributed by atoms with van der Waals surface area (Å²) in [5, 5.41) is 1.79. The van der Waals surface area contributed by atoms with E-state index in [-0.39, 0.29) is 13.2 Å². The van der Waals surface area contributed by atoms with Crippen molar-refractivity contribution in [3.63, 3.8) is 0 Å². The number of esters is 2. The van der Waals surface area contributed by atoms with Gasteiger partial charge in [-0.1, -0.05) is 12.6 Å². The van der Waals surface area contributed by atoms with Crippen molar-refractivity contribution in [1.82, 2.24) is 0 Å². The maximum atomic E-state index is 11.2. The summed E-state index contributed by atoms with van der Waals surface area (Å²) >= 11 is 1.30. The minimum Gasteiger partial charge on any atom is -0.459 e. The molecule has 0 aliphatic carbocycles. The summed E-state index contributed by atoms with van der Waals surface area (Å²) in [5.74, 6) is -0.929. The van der Waals surface area contributed by atoms with Gasteiger partial charge in [-0.25, -0.2) is 9.59 Å². The van der Waals surface area contributed by atoms with Gasteiger partial charge in [0, 0.05) is 6.08 Å². The van der Waals surface area contributed by atoms with Gasteiger partial charge in [0.2, 0.25) is 0 Å². The van der Waals surface area contributed by atoms with E-state index in [1.807, 2.05) is 0 Å². The molecule has 1 aromatic heterocycles. The number of thiophene rings is 1. The van der Waals surface area contributed by atoms with Gasteiger partial charge in [0.05, 0.1) is 0 Å². The fourth-order valence-corrected chi connectivity index (χ4v) is 1.42. The lowest BCUT2D eigenvalue weighted by molar-refractivity contribution is -0.138. The summed E-state index contributed by atoms with van der Waals surface area (Å²) < 4.78 is 9.47. The van der Waals surface area contributed by atoms with Crippen molar-refractivity contribution in [3.05, 3.63) is 35.0 Å². The molecule has 4 nitrogen and oxygen atoms in total. The highest BCUT2D eigenvalue weighted by Gasteiger charge is 2.07. The van der Waals surface area contributed by atoms with Crippen LogP contribution in [-0.4, -0.2) is 25.2 Å². The van der Waals surface area contributed by atoms with Crippen LogP contribution >= 0.6 is 11.3 Å². The minimum atomic E-state index is -0.526. The second-order valence-corrected chi connectivity index (χ2v) is 3.43. The van der Waals surface area contributed by atoms with Crippen molar-refractivity contribution in [2.45, 2.75) is 0 Å². The summed E-state index contributed by atoms with van der Waals surface area (Å²) in [6, 6.07) is 3.43. The number of rotatable bonds is 5. The molecule has 0 aliphatic heterocycles. The molecule has 0 saturated heterocycles. The summed E-state index contributed by atoms with van der Waals surface area (Å²) in [6.45, 7) is 3.33. The van der Waals surface area contributed by atoms with Crippen LogP contribution in [0.2, 0.25) is 0 Å². The molecule has 0 fully saturated rings. The van der Waals surface area contributed by atoms with Crippen LogP contribution in [0.25, 0.3) is 0 Å². The molecular formula is C10H10O4S. The molecule has 1 heterocycles. The number of carbonyl (C=O) groups is 2. The van der Waals surface area contributed by atoms with Crippen molar-refractivity contribution >= 4 is 23.3 Å². The zero-order valence-corrected chi connectivity index (χ0v) is 8.79. The van der Waals surface area contributed by atoms with Crippen LogP contribution in [0.4, 0.5) is 0 Å². The van der Waals surface area contributed by atoms with E-state index in [4.69, 9.17) is 4.74 Å². The molecule has 0 bridgehead atoms. The molecule has 0 amide bonds. The Morgan fingerprint density at radius 2 is 2.13 bits per heavy atom. The molecule has 0 spiro atoms. The SMILES string of the molecule is C=CC(=O)OCCOC(=O)c1cccs1. The quantitative estimate of drug-likeness (QED) is 0.435. The fourth-order valence-electron chi connectivity index (χ4n) is 0.801. The van der Waals surface area contributed by atoms with E-state index in [1.54, 1.807) is 17.5 Å². The average Bonchev–Trinajstić information content (AvgIpc) is 2.77. The predicted octanol–water partition coefficient (Wildman–Crippen LogP) is 1.63. The Balaban J connectivity index is 2.18. The van der Waals surface area contributed by atoms with Crippen molar-refractivity contribution in [2.75, 3.05) is 13.2 Å². The first-order valence-corrected chi connectivity index (χ1v) is 5.12. The van der Waals surface area contributed by atoms with Gasteiger partial charge >= 0.3 is 11.9 Å². The Bertz CT molecular complexity index is 342. The molecule has 80 valence electrons. The van der Waals surface area contributed by atoms with Crippen LogP contribution < -0.4 is 0 Å². The lowest BCUT2D eigenvalue weighted by Crippen LogP contribution is -2.12. The van der Waals surface area contributed by atoms with Crippen LogP contribution in [0.1, 0.15) is 9.67 Å². The van der Waals surface area contributed by atoms with E-state index >= 15 is 0 Å². The van der Waals surface area contributed by atoms with E-state index in [9.17, 15) is 9.59 Å². The summed E-state index contributed by atoms with van der Waals surface area (Å²) in [7, 11) is 0. The molecule has 1 rings (SSSR count). The van der Waals surface area contributed by atoms with Gasteiger partial charge < -0.3 is 9.47 Å². The van der Waals surface area contributed by atoms with E-state index < -0.39 is 11.9 Å². The number of hydrogen-bond donors (Lipinski definition) is 0. The fraction of sp³-hybridized carbons (Fsp3) is 0.200. The van der Waals surface area contributed by atoms with Gasteiger partial charge in [-0.2, -0.15) is 0 Å². The lowest BCUT2D eigenvalue weighted by Gasteiger charge is -2.03. The standard InChI is InChI=1S/C10H10O4S/c1-2-9(11)13-5-6-14-10(12)8-4-3-7-15-8/h2-4,7H,1,5-6H2. The Labute approximate surface area is 91.1 Å². The van der Waals surface area contributed by atoms with Crippen molar-refractivity contribution in [3.8, 4) is 0 Å². The molecule has 0 atom stereocenters.